The molecule has 0 bridgehead atoms. The van der Waals surface area contributed by atoms with Crippen LogP contribution in [0.5, 0.6) is 11.5 Å². The maximum atomic E-state index is 6.27. The number of halogens is 1. The summed E-state index contributed by atoms with van der Waals surface area (Å²) in [4.78, 5) is 4.24. The van der Waals surface area contributed by atoms with Crippen LogP contribution in [0.4, 0.5) is 0 Å². The average Bonchev–Trinajstić information content (AvgIpc) is 3.14. The van der Waals surface area contributed by atoms with Crippen molar-refractivity contribution in [2.45, 2.75) is 13.0 Å². The molecular weight excluding hydrogens is 340 g/mol. The van der Waals surface area contributed by atoms with Crippen molar-refractivity contribution in [1.29, 1.82) is 0 Å². The second-order valence-electron chi connectivity index (χ2n) is 5.70. The normalized spacial score (nSPS) is 13.6. The Hall–Kier alpha value is -2.34. The van der Waals surface area contributed by atoms with Crippen molar-refractivity contribution in [3.05, 3.63) is 47.2 Å². The Morgan fingerprint density at radius 1 is 1.16 bits per heavy atom. The fourth-order valence-electron chi connectivity index (χ4n) is 2.68. The first kappa shape index (κ1) is 17.5. The minimum atomic E-state index is 0.540. The Morgan fingerprint density at radius 3 is 2.72 bits per heavy atom. The number of hydrogen-bond acceptors (Lipinski definition) is 3. The molecule has 0 unspecified atom stereocenters. The van der Waals surface area contributed by atoms with Crippen molar-refractivity contribution in [3.63, 3.8) is 0 Å². The molecule has 0 spiro atoms. The zero-order valence-electron chi connectivity index (χ0n) is 14.3. The van der Waals surface area contributed by atoms with Gasteiger partial charge in [-0.05, 0) is 36.2 Å². The highest BCUT2D eigenvalue weighted by Crippen LogP contribution is 2.38. The summed E-state index contributed by atoms with van der Waals surface area (Å²) < 4.78 is 13.3. The standard InChI is InChI=1S/C18H23ClN4O2/c1-20-18(22-6-9-23-7-2-3-8-23)21-5-4-14-12-15(19)17-16(13-14)24-10-11-25-17/h2-3,7-8,12-13H,4-6,9-11H2,1H3,(H2,20,21,22). The van der Waals surface area contributed by atoms with Crippen molar-refractivity contribution in [2.24, 2.45) is 4.99 Å². The SMILES string of the molecule is CN=C(NCCc1cc(Cl)c2c(c1)OCCO2)NCCn1cccc1. The van der Waals surface area contributed by atoms with Gasteiger partial charge in [-0.1, -0.05) is 11.6 Å². The van der Waals surface area contributed by atoms with Crippen LogP contribution in [0.15, 0.2) is 41.7 Å². The predicted octanol–water partition coefficient (Wildman–Crippen LogP) is 2.32. The van der Waals surface area contributed by atoms with Crippen LogP contribution in [0.3, 0.4) is 0 Å². The quantitative estimate of drug-likeness (QED) is 0.611. The van der Waals surface area contributed by atoms with Gasteiger partial charge >= 0.3 is 0 Å². The van der Waals surface area contributed by atoms with E-state index in [2.05, 4.69) is 20.2 Å². The molecule has 0 amide bonds. The van der Waals surface area contributed by atoms with Crippen LogP contribution in [-0.4, -0.2) is 43.9 Å². The van der Waals surface area contributed by atoms with E-state index in [9.17, 15) is 0 Å². The third kappa shape index (κ3) is 4.82. The molecule has 2 heterocycles. The van der Waals surface area contributed by atoms with Gasteiger partial charge in [-0.3, -0.25) is 4.99 Å². The minimum Gasteiger partial charge on any atom is -0.486 e. The molecule has 7 heteroatoms. The molecule has 25 heavy (non-hydrogen) atoms. The van der Waals surface area contributed by atoms with Crippen LogP contribution in [0.25, 0.3) is 0 Å². The molecular formula is C18H23ClN4O2. The molecule has 0 saturated carbocycles. The Labute approximate surface area is 152 Å². The molecule has 0 fully saturated rings. The molecule has 3 rings (SSSR count). The fourth-order valence-corrected chi connectivity index (χ4v) is 2.96. The summed E-state index contributed by atoms with van der Waals surface area (Å²) in [7, 11) is 1.77. The Balaban J connectivity index is 1.45. The number of benzene rings is 1. The van der Waals surface area contributed by atoms with Crippen molar-refractivity contribution in [3.8, 4) is 11.5 Å². The third-order valence-corrected chi connectivity index (χ3v) is 4.20. The highest BCUT2D eigenvalue weighted by atomic mass is 35.5. The Morgan fingerprint density at radius 2 is 1.92 bits per heavy atom. The van der Waals surface area contributed by atoms with E-state index in [1.165, 1.54) is 0 Å². The largest absolute Gasteiger partial charge is 0.486 e. The molecule has 6 nitrogen and oxygen atoms in total. The van der Waals surface area contributed by atoms with Gasteiger partial charge in [-0.2, -0.15) is 0 Å². The number of nitrogens with one attached hydrogen (secondary N) is 2. The first-order valence-corrected chi connectivity index (χ1v) is 8.77. The van der Waals surface area contributed by atoms with Gasteiger partial charge in [0.25, 0.3) is 0 Å². The molecule has 0 radical (unpaired) electrons. The number of aliphatic imine (C=N–C) groups is 1. The maximum Gasteiger partial charge on any atom is 0.191 e. The molecule has 134 valence electrons. The van der Waals surface area contributed by atoms with E-state index in [1.807, 2.05) is 36.7 Å². The zero-order chi connectivity index (χ0) is 17.5. The van der Waals surface area contributed by atoms with Crippen molar-refractivity contribution >= 4 is 17.6 Å². The number of nitrogens with zero attached hydrogens (tertiary/aromatic N) is 2. The number of guanidine groups is 1. The van der Waals surface area contributed by atoms with Crippen LogP contribution >= 0.6 is 11.6 Å². The molecule has 0 atom stereocenters. The molecule has 2 N–H and O–H groups in total. The number of fused-ring (bicyclic) bond motifs is 1. The number of aromatic nitrogens is 1. The lowest BCUT2D eigenvalue weighted by molar-refractivity contribution is 0.171. The first-order valence-electron chi connectivity index (χ1n) is 8.39. The van der Waals surface area contributed by atoms with Gasteiger partial charge in [-0.15, -0.1) is 0 Å². The van der Waals surface area contributed by atoms with Gasteiger partial charge in [0.05, 0.1) is 5.02 Å². The van der Waals surface area contributed by atoms with Gasteiger partial charge in [0, 0.05) is 39.1 Å². The second-order valence-corrected chi connectivity index (χ2v) is 6.11. The van der Waals surface area contributed by atoms with Gasteiger partial charge in [0.1, 0.15) is 13.2 Å². The highest BCUT2D eigenvalue weighted by Gasteiger charge is 2.16. The molecule has 1 aliphatic rings. The predicted molar refractivity (Wildman–Crippen MR) is 99.9 cm³/mol. The zero-order valence-corrected chi connectivity index (χ0v) is 15.1. The van der Waals surface area contributed by atoms with Crippen LogP contribution in [-0.2, 0) is 13.0 Å². The van der Waals surface area contributed by atoms with Crippen LogP contribution < -0.4 is 20.1 Å². The lowest BCUT2D eigenvalue weighted by atomic mass is 10.1. The van der Waals surface area contributed by atoms with Crippen molar-refractivity contribution in [1.82, 2.24) is 15.2 Å². The molecule has 2 aromatic rings. The van der Waals surface area contributed by atoms with Gasteiger partial charge in [0.2, 0.25) is 0 Å². The molecule has 0 saturated heterocycles. The van der Waals surface area contributed by atoms with Crippen LogP contribution in [0.2, 0.25) is 5.02 Å². The summed E-state index contributed by atoms with van der Waals surface area (Å²) in [6.45, 7) is 3.55. The molecule has 1 aliphatic heterocycles. The van der Waals surface area contributed by atoms with Gasteiger partial charge in [-0.25, -0.2) is 0 Å². The summed E-state index contributed by atoms with van der Waals surface area (Å²) in [6, 6.07) is 7.96. The van der Waals surface area contributed by atoms with Crippen molar-refractivity contribution < 1.29 is 9.47 Å². The Bertz CT molecular complexity index is 716. The summed E-state index contributed by atoms with van der Waals surface area (Å²) >= 11 is 6.27. The van der Waals surface area contributed by atoms with E-state index in [0.717, 1.165) is 43.3 Å². The van der Waals surface area contributed by atoms with E-state index in [4.69, 9.17) is 21.1 Å². The minimum absolute atomic E-state index is 0.540. The number of rotatable bonds is 6. The maximum absolute atomic E-state index is 6.27. The monoisotopic (exact) mass is 362 g/mol. The highest BCUT2D eigenvalue weighted by molar-refractivity contribution is 6.32. The lowest BCUT2D eigenvalue weighted by Gasteiger charge is -2.20. The van der Waals surface area contributed by atoms with E-state index < -0.39 is 0 Å². The third-order valence-electron chi connectivity index (χ3n) is 3.91. The fraction of sp³-hybridized carbons (Fsp3) is 0.389. The van der Waals surface area contributed by atoms with Gasteiger partial charge < -0.3 is 24.7 Å². The topological polar surface area (TPSA) is 59.8 Å². The molecule has 1 aromatic carbocycles. The summed E-state index contributed by atoms with van der Waals surface area (Å²) in [5.74, 6) is 2.16. The average molecular weight is 363 g/mol. The van der Waals surface area contributed by atoms with Gasteiger partial charge in [0.15, 0.2) is 17.5 Å². The summed E-state index contributed by atoms with van der Waals surface area (Å²) in [6.07, 6.45) is 4.90. The smallest absolute Gasteiger partial charge is 0.191 e. The summed E-state index contributed by atoms with van der Waals surface area (Å²) in [5, 5.41) is 7.21. The van der Waals surface area contributed by atoms with E-state index >= 15 is 0 Å². The van der Waals surface area contributed by atoms with Crippen LogP contribution in [0.1, 0.15) is 5.56 Å². The lowest BCUT2D eigenvalue weighted by Crippen LogP contribution is -2.39. The van der Waals surface area contributed by atoms with E-state index in [1.54, 1.807) is 7.05 Å². The Kier molecular flexibility index (Phi) is 6.06. The van der Waals surface area contributed by atoms with Crippen LogP contribution in [0, 0.1) is 0 Å². The second kappa shape index (κ2) is 8.67. The number of hydrogen-bond donors (Lipinski definition) is 2. The first-order chi connectivity index (χ1) is 12.3. The summed E-state index contributed by atoms with van der Waals surface area (Å²) in [5.41, 5.74) is 1.10. The van der Waals surface area contributed by atoms with E-state index in [0.29, 0.717) is 24.0 Å². The molecule has 0 aliphatic carbocycles. The van der Waals surface area contributed by atoms with Crippen molar-refractivity contribution in [2.75, 3.05) is 33.4 Å². The van der Waals surface area contributed by atoms with E-state index in [-0.39, 0.29) is 0 Å². The number of ether oxygens (including phenoxy) is 2. The molecule has 1 aromatic heterocycles.